The number of carbonyl (C=O) groups is 1. The van der Waals surface area contributed by atoms with E-state index in [1.807, 2.05) is 0 Å². The number of aromatic hydroxyl groups is 1. The highest BCUT2D eigenvalue weighted by molar-refractivity contribution is 6.01. The second-order valence-electron chi connectivity index (χ2n) is 6.98. The van der Waals surface area contributed by atoms with Crippen molar-refractivity contribution < 1.29 is 14.6 Å². The lowest BCUT2D eigenvalue weighted by Crippen LogP contribution is -2.28. The predicted octanol–water partition coefficient (Wildman–Crippen LogP) is 1.72. The number of nitrogens with two attached hydrogens (primary N) is 1. The van der Waals surface area contributed by atoms with Gasteiger partial charge in [-0.1, -0.05) is 12.1 Å². The van der Waals surface area contributed by atoms with Gasteiger partial charge in [0, 0.05) is 18.7 Å². The number of phenols is 1. The number of amides is 1. The quantitative estimate of drug-likeness (QED) is 0.627. The normalized spacial score (nSPS) is 19.8. The van der Waals surface area contributed by atoms with Crippen LogP contribution in [0.25, 0.3) is 22.6 Å². The molecule has 2 heterocycles. The topological polar surface area (TPSA) is 136 Å². The van der Waals surface area contributed by atoms with Crippen molar-refractivity contribution in [1.29, 1.82) is 0 Å². The molecule has 1 amide bonds. The number of phenolic OH excluding ortho intramolecular Hbond substituents is 1. The third kappa shape index (κ3) is 3.13. The molecule has 0 atom stereocenters. The number of rotatable bonds is 4. The first-order valence-corrected chi connectivity index (χ1v) is 9.12. The van der Waals surface area contributed by atoms with Crippen molar-refractivity contribution in [3.05, 3.63) is 40.4 Å². The molecule has 1 aliphatic carbocycles. The smallest absolute Gasteiger partial charge is 0.327 e. The lowest BCUT2D eigenvalue weighted by Gasteiger charge is -2.28. The summed E-state index contributed by atoms with van der Waals surface area (Å²) in [5, 5.41) is 9.76. The summed E-state index contributed by atoms with van der Waals surface area (Å²) in [6, 6.07) is 6.32. The molecule has 2 aromatic heterocycles. The molecule has 1 aliphatic rings. The molecule has 28 heavy (non-hydrogen) atoms. The average Bonchev–Trinajstić information content (AvgIpc) is 3.02. The molecule has 4 rings (SSSR count). The Morgan fingerprint density at radius 3 is 2.68 bits per heavy atom. The van der Waals surface area contributed by atoms with Crippen molar-refractivity contribution >= 4 is 17.1 Å². The molecule has 3 aromatic rings. The molecule has 0 unspecified atom stereocenters. The van der Waals surface area contributed by atoms with Crippen molar-refractivity contribution in [3.63, 3.8) is 0 Å². The summed E-state index contributed by atoms with van der Waals surface area (Å²) in [6.07, 6.45) is 3.41. The number of aromatic nitrogens is 4. The third-order valence-electron chi connectivity index (χ3n) is 5.25. The summed E-state index contributed by atoms with van der Waals surface area (Å²) in [5.41, 5.74) is 6.20. The number of aromatic amines is 1. The standard InChI is InChI=1S/C19H21N5O4/c1-28-13-7-5-11(6-8-13)24-18-15(22-19(24)27)14(16(20)26)21-17(23-18)10-3-2-4-12(25)9-10/h2-4,9,11,13,25H,5-8H2,1H3,(H2,20,26)(H,22,27)/t11-,13+. The van der Waals surface area contributed by atoms with E-state index in [0.717, 1.165) is 25.7 Å². The molecule has 0 bridgehead atoms. The van der Waals surface area contributed by atoms with Crippen LogP contribution < -0.4 is 11.4 Å². The van der Waals surface area contributed by atoms with Gasteiger partial charge in [-0.3, -0.25) is 9.36 Å². The number of nitrogens with one attached hydrogen (secondary N) is 1. The summed E-state index contributed by atoms with van der Waals surface area (Å²) < 4.78 is 6.99. The van der Waals surface area contributed by atoms with E-state index in [4.69, 9.17) is 10.5 Å². The minimum Gasteiger partial charge on any atom is -0.508 e. The van der Waals surface area contributed by atoms with Gasteiger partial charge in [-0.15, -0.1) is 0 Å². The van der Waals surface area contributed by atoms with Crippen molar-refractivity contribution in [2.75, 3.05) is 7.11 Å². The Morgan fingerprint density at radius 1 is 1.29 bits per heavy atom. The molecule has 1 aromatic carbocycles. The van der Waals surface area contributed by atoms with Crippen LogP contribution in [0.5, 0.6) is 5.75 Å². The number of imidazole rings is 1. The second kappa shape index (κ2) is 7.08. The van der Waals surface area contributed by atoms with E-state index in [0.29, 0.717) is 11.2 Å². The number of primary amides is 1. The summed E-state index contributed by atoms with van der Waals surface area (Å²) in [5.74, 6) is -0.494. The van der Waals surface area contributed by atoms with Crippen LogP contribution in [0, 0.1) is 0 Å². The van der Waals surface area contributed by atoms with E-state index >= 15 is 0 Å². The minimum absolute atomic E-state index is 0.0474. The Bertz CT molecular complexity index is 1100. The van der Waals surface area contributed by atoms with Crippen LogP contribution in [-0.2, 0) is 4.74 Å². The van der Waals surface area contributed by atoms with Gasteiger partial charge in [0.1, 0.15) is 11.3 Å². The zero-order valence-electron chi connectivity index (χ0n) is 15.4. The van der Waals surface area contributed by atoms with Crippen LogP contribution in [0.4, 0.5) is 0 Å². The molecular formula is C19H21N5O4. The van der Waals surface area contributed by atoms with E-state index in [9.17, 15) is 14.7 Å². The summed E-state index contributed by atoms with van der Waals surface area (Å²) in [6.45, 7) is 0. The number of methoxy groups -OCH3 is 1. The molecule has 0 radical (unpaired) electrons. The molecule has 1 saturated carbocycles. The van der Waals surface area contributed by atoms with Crippen molar-refractivity contribution in [2.24, 2.45) is 5.73 Å². The van der Waals surface area contributed by atoms with Crippen molar-refractivity contribution in [3.8, 4) is 17.1 Å². The first kappa shape index (κ1) is 18.2. The van der Waals surface area contributed by atoms with Gasteiger partial charge in [0.05, 0.1) is 6.10 Å². The van der Waals surface area contributed by atoms with E-state index in [1.54, 1.807) is 23.8 Å². The number of fused-ring (bicyclic) bond motifs is 1. The minimum atomic E-state index is -0.759. The number of hydrogen-bond donors (Lipinski definition) is 3. The maximum absolute atomic E-state index is 12.7. The number of H-pyrrole nitrogens is 1. The van der Waals surface area contributed by atoms with Crippen molar-refractivity contribution in [2.45, 2.75) is 37.8 Å². The van der Waals surface area contributed by atoms with Crippen LogP contribution in [-0.4, -0.2) is 43.7 Å². The second-order valence-corrected chi connectivity index (χ2v) is 6.98. The van der Waals surface area contributed by atoms with Crippen LogP contribution in [0.3, 0.4) is 0 Å². The maximum Gasteiger partial charge on any atom is 0.327 e. The molecule has 0 aliphatic heterocycles. The van der Waals surface area contributed by atoms with Crippen LogP contribution in [0.15, 0.2) is 29.1 Å². The molecule has 9 nitrogen and oxygen atoms in total. The van der Waals surface area contributed by atoms with Gasteiger partial charge >= 0.3 is 5.69 Å². The molecule has 9 heteroatoms. The Labute approximate surface area is 160 Å². The maximum atomic E-state index is 12.7. The number of nitrogens with zero attached hydrogens (tertiary/aromatic N) is 3. The van der Waals surface area contributed by atoms with Gasteiger partial charge in [-0.05, 0) is 37.8 Å². The lowest BCUT2D eigenvalue weighted by molar-refractivity contribution is 0.0585. The predicted molar refractivity (Wildman–Crippen MR) is 102 cm³/mol. The van der Waals surface area contributed by atoms with Gasteiger partial charge in [0.2, 0.25) is 0 Å². The zero-order valence-corrected chi connectivity index (χ0v) is 15.4. The number of ether oxygens (including phenoxy) is 1. The van der Waals surface area contributed by atoms with E-state index in [1.165, 1.54) is 12.1 Å². The molecule has 146 valence electrons. The molecule has 0 saturated heterocycles. The lowest BCUT2D eigenvalue weighted by atomic mass is 9.93. The van der Waals surface area contributed by atoms with Gasteiger partial charge in [0.25, 0.3) is 5.91 Å². The monoisotopic (exact) mass is 383 g/mol. The SMILES string of the molecule is CO[C@H]1CC[C@@H](n2c(=O)[nH]c3c(C(N)=O)nc(-c4cccc(O)c4)nc32)CC1. The third-order valence-corrected chi connectivity index (χ3v) is 5.25. The van der Waals surface area contributed by atoms with Crippen LogP contribution in [0.1, 0.15) is 42.2 Å². The van der Waals surface area contributed by atoms with E-state index in [2.05, 4.69) is 15.0 Å². The van der Waals surface area contributed by atoms with Gasteiger partial charge < -0.3 is 20.6 Å². The first-order chi connectivity index (χ1) is 13.5. The Balaban J connectivity index is 1.88. The fourth-order valence-electron chi connectivity index (χ4n) is 3.83. The first-order valence-electron chi connectivity index (χ1n) is 9.12. The highest BCUT2D eigenvalue weighted by atomic mass is 16.5. The van der Waals surface area contributed by atoms with Crippen molar-refractivity contribution in [1.82, 2.24) is 19.5 Å². The summed E-state index contributed by atoms with van der Waals surface area (Å²) in [7, 11) is 1.69. The molecule has 0 spiro atoms. The Kier molecular flexibility index (Phi) is 4.60. The fourth-order valence-corrected chi connectivity index (χ4v) is 3.83. The molecular weight excluding hydrogens is 362 g/mol. The fraction of sp³-hybridized carbons (Fsp3) is 0.368. The summed E-state index contributed by atoms with van der Waals surface area (Å²) >= 11 is 0. The average molecular weight is 383 g/mol. The number of benzene rings is 1. The highest BCUT2D eigenvalue weighted by Crippen LogP contribution is 2.31. The summed E-state index contributed by atoms with van der Waals surface area (Å²) in [4.78, 5) is 36.1. The van der Waals surface area contributed by atoms with Gasteiger partial charge in [-0.25, -0.2) is 14.8 Å². The van der Waals surface area contributed by atoms with Gasteiger partial charge in [-0.2, -0.15) is 0 Å². The Morgan fingerprint density at radius 2 is 2.04 bits per heavy atom. The number of hydrogen-bond acceptors (Lipinski definition) is 6. The number of carbonyl (C=O) groups excluding carboxylic acids is 1. The largest absolute Gasteiger partial charge is 0.508 e. The zero-order chi connectivity index (χ0) is 19.8. The van der Waals surface area contributed by atoms with Crippen LogP contribution in [0.2, 0.25) is 0 Å². The van der Waals surface area contributed by atoms with E-state index in [-0.39, 0.29) is 40.6 Å². The highest BCUT2D eigenvalue weighted by Gasteiger charge is 2.27. The molecule has 4 N–H and O–H groups in total. The van der Waals surface area contributed by atoms with Gasteiger partial charge in [0.15, 0.2) is 17.2 Å². The van der Waals surface area contributed by atoms with E-state index < -0.39 is 5.91 Å². The molecule has 1 fully saturated rings. The Hall–Kier alpha value is -3.20. The van der Waals surface area contributed by atoms with Crippen LogP contribution >= 0.6 is 0 Å².